The third-order valence-electron chi connectivity index (χ3n) is 6.99. The van der Waals surface area contributed by atoms with Crippen LogP contribution in [0.25, 0.3) is 11.1 Å². The maximum Gasteiger partial charge on any atom is 0.123 e. The number of aryl methyl sites for hydroxylation is 1. The third-order valence-corrected chi connectivity index (χ3v) is 6.99. The molecule has 3 aromatic carbocycles. The summed E-state index contributed by atoms with van der Waals surface area (Å²) in [7, 11) is 0. The highest BCUT2D eigenvalue weighted by molar-refractivity contribution is 6.00. The molecule has 0 saturated carbocycles. The van der Waals surface area contributed by atoms with Gasteiger partial charge in [0.05, 0.1) is 0 Å². The lowest BCUT2D eigenvalue weighted by Crippen LogP contribution is -2.48. The molecular weight excluding hydrogens is 395 g/mol. The van der Waals surface area contributed by atoms with E-state index in [1.165, 1.54) is 33.5 Å². The van der Waals surface area contributed by atoms with Crippen molar-refractivity contribution in [1.82, 2.24) is 4.90 Å². The molecule has 0 amide bonds. The van der Waals surface area contributed by atoms with E-state index in [1.54, 1.807) is 12.1 Å². The van der Waals surface area contributed by atoms with E-state index in [-0.39, 0.29) is 5.82 Å². The molecule has 0 aromatic heterocycles. The van der Waals surface area contributed by atoms with Gasteiger partial charge in [0.25, 0.3) is 0 Å². The average Bonchev–Trinajstić information content (AvgIpc) is 2.84. The molecular formula is C29H31FN2. The molecule has 1 saturated heterocycles. The zero-order chi connectivity index (χ0) is 22.1. The second kappa shape index (κ2) is 8.91. The van der Waals surface area contributed by atoms with Crippen LogP contribution in [-0.2, 0) is 6.42 Å². The maximum absolute atomic E-state index is 13.6. The number of nitrogens with zero attached hydrogens (tertiary/aromatic N) is 2. The zero-order valence-electron chi connectivity index (χ0n) is 19.0. The average molecular weight is 427 g/mol. The fraction of sp³-hybridized carbons (Fsp3) is 0.310. The van der Waals surface area contributed by atoms with Crippen molar-refractivity contribution >= 4 is 16.8 Å². The molecule has 0 N–H and O–H groups in total. The van der Waals surface area contributed by atoms with Crippen LogP contribution >= 0.6 is 0 Å². The summed E-state index contributed by atoms with van der Waals surface area (Å²) in [4.78, 5) is 5.04. The Balaban J connectivity index is 1.50. The number of hydrogen-bond donors (Lipinski definition) is 0. The lowest BCUT2D eigenvalue weighted by Gasteiger charge is -2.38. The number of piperazine rings is 1. The minimum atomic E-state index is -0.186. The minimum Gasteiger partial charge on any atom is -0.369 e. The summed E-state index contributed by atoms with van der Waals surface area (Å²) in [6, 6.07) is 25.4. The molecule has 1 aliphatic carbocycles. The Labute approximate surface area is 191 Å². The third kappa shape index (κ3) is 4.10. The Bertz CT molecular complexity index is 1100. The Morgan fingerprint density at radius 1 is 0.719 bits per heavy atom. The van der Waals surface area contributed by atoms with E-state index < -0.39 is 0 Å². The van der Waals surface area contributed by atoms with Gasteiger partial charge in [-0.25, -0.2) is 4.39 Å². The van der Waals surface area contributed by atoms with Crippen molar-refractivity contribution in [2.75, 3.05) is 31.1 Å². The van der Waals surface area contributed by atoms with Gasteiger partial charge in [0.2, 0.25) is 0 Å². The molecule has 0 radical (unpaired) electrons. The fourth-order valence-electron chi connectivity index (χ4n) is 5.13. The van der Waals surface area contributed by atoms with Crippen LogP contribution in [0.15, 0.2) is 72.8 Å². The standard InChI is InChI=1S/C29H31FN2/c1-21(2)31-17-19-32(20-18-31)26-14-9-24(10-15-26)29-27-6-4-3-5-22(27)11-16-28(29)23-7-12-25(30)13-8-23/h3-10,12-15,21H,11,16-20H2,1-2H3. The summed E-state index contributed by atoms with van der Waals surface area (Å²) >= 11 is 0. The first-order valence-corrected chi connectivity index (χ1v) is 11.8. The highest BCUT2D eigenvalue weighted by Gasteiger charge is 2.22. The molecule has 3 aromatic rings. The molecule has 0 unspecified atom stereocenters. The Morgan fingerprint density at radius 2 is 1.38 bits per heavy atom. The first-order chi connectivity index (χ1) is 15.6. The summed E-state index contributed by atoms with van der Waals surface area (Å²) in [5, 5.41) is 0. The van der Waals surface area contributed by atoms with Crippen LogP contribution in [0.5, 0.6) is 0 Å². The largest absolute Gasteiger partial charge is 0.369 e. The topological polar surface area (TPSA) is 6.48 Å². The summed E-state index contributed by atoms with van der Waals surface area (Å²) in [5.41, 5.74) is 8.94. The molecule has 164 valence electrons. The number of fused-ring (bicyclic) bond motifs is 1. The van der Waals surface area contributed by atoms with Crippen LogP contribution in [0, 0.1) is 5.82 Å². The van der Waals surface area contributed by atoms with E-state index in [2.05, 4.69) is 72.2 Å². The van der Waals surface area contributed by atoms with Crippen molar-refractivity contribution in [3.8, 4) is 0 Å². The van der Waals surface area contributed by atoms with Crippen molar-refractivity contribution in [2.24, 2.45) is 0 Å². The first kappa shape index (κ1) is 21.0. The van der Waals surface area contributed by atoms with Crippen LogP contribution in [0.3, 0.4) is 0 Å². The SMILES string of the molecule is CC(C)N1CCN(c2ccc(C3=C(c4ccc(F)cc4)CCc4ccccc43)cc2)CC1. The van der Waals surface area contributed by atoms with E-state index in [1.807, 2.05) is 12.1 Å². The van der Waals surface area contributed by atoms with Gasteiger partial charge in [-0.05, 0) is 84.4 Å². The Kier molecular flexibility index (Phi) is 5.84. The molecule has 3 heteroatoms. The van der Waals surface area contributed by atoms with Crippen molar-refractivity contribution in [3.63, 3.8) is 0 Å². The second-order valence-electron chi connectivity index (χ2n) is 9.18. The van der Waals surface area contributed by atoms with Gasteiger partial charge >= 0.3 is 0 Å². The van der Waals surface area contributed by atoms with E-state index >= 15 is 0 Å². The molecule has 2 aliphatic rings. The zero-order valence-corrected chi connectivity index (χ0v) is 19.0. The highest BCUT2D eigenvalue weighted by Crippen LogP contribution is 2.41. The second-order valence-corrected chi connectivity index (χ2v) is 9.18. The van der Waals surface area contributed by atoms with E-state index in [9.17, 15) is 4.39 Å². The molecule has 1 heterocycles. The normalized spacial score (nSPS) is 17.1. The molecule has 5 rings (SSSR count). The first-order valence-electron chi connectivity index (χ1n) is 11.8. The van der Waals surface area contributed by atoms with Gasteiger partial charge in [-0.1, -0.05) is 48.5 Å². The number of rotatable bonds is 4. The molecule has 1 aliphatic heterocycles. The lowest BCUT2D eigenvalue weighted by molar-refractivity contribution is 0.209. The van der Waals surface area contributed by atoms with Crippen LogP contribution < -0.4 is 4.90 Å². The van der Waals surface area contributed by atoms with E-state index in [0.717, 1.165) is 44.6 Å². The fourth-order valence-corrected chi connectivity index (χ4v) is 5.13. The predicted octanol–water partition coefficient (Wildman–Crippen LogP) is 6.26. The van der Waals surface area contributed by atoms with Gasteiger partial charge in [-0.15, -0.1) is 0 Å². The maximum atomic E-state index is 13.6. The quantitative estimate of drug-likeness (QED) is 0.486. The van der Waals surface area contributed by atoms with Gasteiger partial charge in [-0.3, -0.25) is 4.90 Å². The van der Waals surface area contributed by atoms with Gasteiger partial charge in [0, 0.05) is 37.9 Å². The summed E-state index contributed by atoms with van der Waals surface area (Å²) in [6.45, 7) is 8.94. The van der Waals surface area contributed by atoms with Crippen LogP contribution in [0.4, 0.5) is 10.1 Å². The van der Waals surface area contributed by atoms with Gasteiger partial charge in [0.15, 0.2) is 0 Å². The van der Waals surface area contributed by atoms with Crippen LogP contribution in [0.1, 0.15) is 42.5 Å². The number of hydrogen-bond acceptors (Lipinski definition) is 2. The van der Waals surface area contributed by atoms with Crippen molar-refractivity contribution in [1.29, 1.82) is 0 Å². The Morgan fingerprint density at radius 3 is 2.06 bits per heavy atom. The van der Waals surface area contributed by atoms with E-state index in [4.69, 9.17) is 0 Å². The smallest absolute Gasteiger partial charge is 0.123 e. The Hall–Kier alpha value is -2.91. The monoisotopic (exact) mass is 426 g/mol. The highest BCUT2D eigenvalue weighted by atomic mass is 19.1. The number of halogens is 1. The van der Waals surface area contributed by atoms with Crippen molar-refractivity contribution < 1.29 is 4.39 Å². The van der Waals surface area contributed by atoms with Crippen LogP contribution in [0.2, 0.25) is 0 Å². The molecule has 0 bridgehead atoms. The molecule has 1 fully saturated rings. The van der Waals surface area contributed by atoms with Gasteiger partial charge in [-0.2, -0.15) is 0 Å². The van der Waals surface area contributed by atoms with Crippen molar-refractivity contribution in [2.45, 2.75) is 32.7 Å². The number of anilines is 1. The summed E-state index contributed by atoms with van der Waals surface area (Å²) < 4.78 is 13.6. The summed E-state index contributed by atoms with van der Waals surface area (Å²) in [5.74, 6) is -0.186. The van der Waals surface area contributed by atoms with Crippen molar-refractivity contribution in [3.05, 3.63) is 101 Å². The number of allylic oxidation sites excluding steroid dienone is 1. The summed E-state index contributed by atoms with van der Waals surface area (Å²) in [6.07, 6.45) is 1.99. The molecule has 32 heavy (non-hydrogen) atoms. The van der Waals surface area contributed by atoms with Gasteiger partial charge < -0.3 is 4.90 Å². The minimum absolute atomic E-state index is 0.186. The van der Waals surface area contributed by atoms with Crippen LogP contribution in [-0.4, -0.2) is 37.1 Å². The molecule has 2 nitrogen and oxygen atoms in total. The molecule has 0 spiro atoms. The van der Waals surface area contributed by atoms with E-state index in [0.29, 0.717) is 6.04 Å². The number of benzene rings is 3. The predicted molar refractivity (Wildman–Crippen MR) is 132 cm³/mol. The lowest BCUT2D eigenvalue weighted by atomic mass is 9.80. The van der Waals surface area contributed by atoms with Gasteiger partial charge in [0.1, 0.15) is 5.82 Å². The molecule has 0 atom stereocenters.